The quantitative estimate of drug-likeness (QED) is 0.617. The molecule has 9 heteroatoms. The van der Waals surface area contributed by atoms with Gasteiger partial charge in [0.25, 0.3) is 0 Å². The standard InChI is InChI=1S/C21H28N4O4S/c1-24(14-9-17-5-7-18(8-6-17)21-22-11-12-23-21)20(26)4-3-13-25(2)30(27,28)19-10-15-29-16-19/h5-8,10,15-16H,3-4,9,11-14H2,1-2H3,(H,22,23). The molecule has 0 spiro atoms. The average molecular weight is 433 g/mol. The highest BCUT2D eigenvalue weighted by Gasteiger charge is 2.22. The Labute approximate surface area is 177 Å². The summed E-state index contributed by atoms with van der Waals surface area (Å²) in [6, 6.07) is 9.63. The molecule has 1 aromatic carbocycles. The van der Waals surface area contributed by atoms with E-state index in [-0.39, 0.29) is 17.3 Å². The lowest BCUT2D eigenvalue weighted by molar-refractivity contribution is -0.130. The number of furan rings is 1. The minimum absolute atomic E-state index is 0.00485. The zero-order valence-electron chi connectivity index (χ0n) is 17.4. The van der Waals surface area contributed by atoms with Crippen molar-refractivity contribution in [1.29, 1.82) is 0 Å². The summed E-state index contributed by atoms with van der Waals surface area (Å²) in [6.07, 6.45) is 4.05. The topological polar surface area (TPSA) is 95.2 Å². The number of carbonyl (C=O) groups excluding carboxylic acids is 1. The van der Waals surface area contributed by atoms with E-state index in [1.807, 2.05) is 12.1 Å². The Hall–Kier alpha value is -2.65. The van der Waals surface area contributed by atoms with Crippen LogP contribution in [-0.4, -0.2) is 69.6 Å². The molecular weight excluding hydrogens is 404 g/mol. The molecule has 0 bridgehead atoms. The second-order valence-electron chi connectivity index (χ2n) is 7.31. The van der Waals surface area contributed by atoms with Gasteiger partial charge < -0.3 is 14.6 Å². The molecule has 0 unspecified atom stereocenters. The smallest absolute Gasteiger partial charge is 0.246 e. The van der Waals surface area contributed by atoms with Crippen LogP contribution < -0.4 is 5.32 Å². The molecule has 3 rings (SSSR count). The average Bonchev–Trinajstić information content (AvgIpc) is 3.46. The lowest BCUT2D eigenvalue weighted by Crippen LogP contribution is -2.31. The van der Waals surface area contributed by atoms with E-state index in [0.29, 0.717) is 19.4 Å². The zero-order valence-corrected chi connectivity index (χ0v) is 18.2. The summed E-state index contributed by atoms with van der Waals surface area (Å²) >= 11 is 0. The van der Waals surface area contributed by atoms with E-state index in [1.165, 1.54) is 29.9 Å². The van der Waals surface area contributed by atoms with Crippen LogP contribution in [-0.2, 0) is 21.2 Å². The summed E-state index contributed by atoms with van der Waals surface area (Å²) in [5.74, 6) is 0.943. The summed E-state index contributed by atoms with van der Waals surface area (Å²) in [4.78, 5) is 18.6. The van der Waals surface area contributed by atoms with Gasteiger partial charge in [0.15, 0.2) is 0 Å². The first-order valence-electron chi connectivity index (χ1n) is 9.98. The van der Waals surface area contributed by atoms with Gasteiger partial charge in [-0.3, -0.25) is 9.79 Å². The first-order valence-corrected chi connectivity index (χ1v) is 11.4. The summed E-state index contributed by atoms with van der Waals surface area (Å²) < 4.78 is 30.8. The van der Waals surface area contributed by atoms with E-state index in [1.54, 1.807) is 11.9 Å². The number of likely N-dealkylation sites (N-methyl/N-ethyl adjacent to an activating group) is 1. The van der Waals surface area contributed by atoms with Gasteiger partial charge in [0.05, 0.1) is 12.8 Å². The lowest BCUT2D eigenvalue weighted by Gasteiger charge is -2.19. The Morgan fingerprint density at radius 1 is 1.17 bits per heavy atom. The van der Waals surface area contributed by atoms with Crippen LogP contribution in [0.4, 0.5) is 0 Å². The number of benzene rings is 1. The Morgan fingerprint density at radius 2 is 1.93 bits per heavy atom. The van der Waals surface area contributed by atoms with Crippen LogP contribution in [0.5, 0.6) is 0 Å². The maximum Gasteiger partial charge on any atom is 0.246 e. The van der Waals surface area contributed by atoms with E-state index < -0.39 is 10.0 Å². The normalized spacial score (nSPS) is 13.9. The molecule has 1 N–H and O–H groups in total. The SMILES string of the molecule is CN(CCc1ccc(C2=NCCN2)cc1)C(=O)CCCN(C)S(=O)(=O)c1ccoc1. The van der Waals surface area contributed by atoms with Crippen LogP contribution >= 0.6 is 0 Å². The van der Waals surface area contributed by atoms with E-state index in [0.717, 1.165) is 36.5 Å². The first kappa shape index (κ1) is 22.0. The van der Waals surface area contributed by atoms with Crippen molar-refractivity contribution in [1.82, 2.24) is 14.5 Å². The highest BCUT2D eigenvalue weighted by Crippen LogP contribution is 2.15. The van der Waals surface area contributed by atoms with E-state index in [2.05, 4.69) is 22.4 Å². The van der Waals surface area contributed by atoms with Gasteiger partial charge in [0, 0.05) is 45.7 Å². The van der Waals surface area contributed by atoms with Crippen molar-refractivity contribution in [2.75, 3.05) is 40.3 Å². The highest BCUT2D eigenvalue weighted by atomic mass is 32.2. The number of hydrogen-bond donors (Lipinski definition) is 1. The minimum atomic E-state index is -3.57. The molecule has 162 valence electrons. The third-order valence-corrected chi connectivity index (χ3v) is 6.96. The third-order valence-electron chi connectivity index (χ3n) is 5.13. The van der Waals surface area contributed by atoms with Crippen molar-refractivity contribution in [3.8, 4) is 0 Å². The van der Waals surface area contributed by atoms with Gasteiger partial charge in [-0.1, -0.05) is 24.3 Å². The van der Waals surface area contributed by atoms with Gasteiger partial charge in [-0.25, -0.2) is 12.7 Å². The predicted molar refractivity (Wildman–Crippen MR) is 115 cm³/mol. The molecule has 0 saturated carbocycles. The van der Waals surface area contributed by atoms with E-state index >= 15 is 0 Å². The monoisotopic (exact) mass is 432 g/mol. The molecule has 30 heavy (non-hydrogen) atoms. The van der Waals surface area contributed by atoms with Gasteiger partial charge in [0.1, 0.15) is 17.0 Å². The van der Waals surface area contributed by atoms with Gasteiger partial charge in [-0.05, 0) is 24.5 Å². The molecule has 0 saturated heterocycles. The molecule has 0 fully saturated rings. The number of hydrogen-bond acceptors (Lipinski definition) is 6. The fraction of sp³-hybridized carbons (Fsp3) is 0.429. The number of amidine groups is 1. The Kier molecular flexibility index (Phi) is 7.28. The molecule has 1 aromatic heterocycles. The molecule has 0 atom stereocenters. The summed E-state index contributed by atoms with van der Waals surface area (Å²) in [6.45, 7) is 2.58. The zero-order chi connectivity index (χ0) is 21.6. The van der Waals surface area contributed by atoms with Crippen LogP contribution in [0.25, 0.3) is 0 Å². The van der Waals surface area contributed by atoms with Crippen molar-refractivity contribution in [2.45, 2.75) is 24.2 Å². The second-order valence-corrected chi connectivity index (χ2v) is 9.35. The van der Waals surface area contributed by atoms with Gasteiger partial charge in [0.2, 0.25) is 15.9 Å². The van der Waals surface area contributed by atoms with Crippen LogP contribution in [0.15, 0.2) is 57.2 Å². The Morgan fingerprint density at radius 3 is 2.57 bits per heavy atom. The van der Waals surface area contributed by atoms with Crippen LogP contribution in [0, 0.1) is 0 Å². The van der Waals surface area contributed by atoms with Crippen molar-refractivity contribution in [3.05, 3.63) is 54.0 Å². The summed E-state index contributed by atoms with van der Waals surface area (Å²) in [5, 5.41) is 3.25. The molecule has 0 radical (unpaired) electrons. The maximum absolute atomic E-state index is 12.4. The summed E-state index contributed by atoms with van der Waals surface area (Å²) in [7, 11) is -0.284. The predicted octanol–water partition coefficient (Wildman–Crippen LogP) is 1.73. The molecule has 2 aromatic rings. The molecule has 2 heterocycles. The Balaban J connectivity index is 1.40. The number of sulfonamides is 1. The fourth-order valence-corrected chi connectivity index (χ4v) is 4.32. The number of carbonyl (C=O) groups is 1. The lowest BCUT2D eigenvalue weighted by atomic mass is 10.1. The molecule has 8 nitrogen and oxygen atoms in total. The van der Waals surface area contributed by atoms with Crippen molar-refractivity contribution >= 4 is 21.8 Å². The second kappa shape index (κ2) is 9.90. The largest absolute Gasteiger partial charge is 0.471 e. The highest BCUT2D eigenvalue weighted by molar-refractivity contribution is 7.89. The number of rotatable bonds is 10. The van der Waals surface area contributed by atoms with Crippen molar-refractivity contribution < 1.29 is 17.6 Å². The molecule has 0 aliphatic carbocycles. The maximum atomic E-state index is 12.4. The van der Waals surface area contributed by atoms with Crippen molar-refractivity contribution in [2.24, 2.45) is 4.99 Å². The van der Waals surface area contributed by atoms with Gasteiger partial charge in [-0.2, -0.15) is 0 Å². The van der Waals surface area contributed by atoms with Crippen LogP contribution in [0.3, 0.4) is 0 Å². The van der Waals surface area contributed by atoms with E-state index in [4.69, 9.17) is 4.42 Å². The number of nitrogens with one attached hydrogen (secondary N) is 1. The van der Waals surface area contributed by atoms with Crippen molar-refractivity contribution in [3.63, 3.8) is 0 Å². The minimum Gasteiger partial charge on any atom is -0.471 e. The fourth-order valence-electron chi connectivity index (χ4n) is 3.18. The number of amides is 1. The Bertz CT molecular complexity index is 969. The molecular formula is C21H28N4O4S. The molecule has 1 aliphatic rings. The molecule has 1 amide bonds. The molecule has 1 aliphatic heterocycles. The van der Waals surface area contributed by atoms with Crippen LogP contribution in [0.1, 0.15) is 24.0 Å². The van der Waals surface area contributed by atoms with Crippen LogP contribution in [0.2, 0.25) is 0 Å². The first-order chi connectivity index (χ1) is 14.4. The van der Waals surface area contributed by atoms with Gasteiger partial charge >= 0.3 is 0 Å². The number of nitrogens with zero attached hydrogens (tertiary/aromatic N) is 3. The van der Waals surface area contributed by atoms with E-state index in [9.17, 15) is 13.2 Å². The summed E-state index contributed by atoms with van der Waals surface area (Å²) in [5.41, 5.74) is 2.23. The van der Waals surface area contributed by atoms with Gasteiger partial charge in [-0.15, -0.1) is 0 Å². The number of aliphatic imine (C=N–C) groups is 1. The third kappa shape index (κ3) is 5.48.